The third-order valence-corrected chi connectivity index (χ3v) is 7.28. The normalized spacial score (nSPS) is 13.7. The van der Waals surface area contributed by atoms with Crippen molar-refractivity contribution in [3.8, 4) is 28.0 Å². The third-order valence-electron chi connectivity index (χ3n) is 6.99. The van der Waals surface area contributed by atoms with Crippen LogP contribution in [0.4, 0.5) is 23.2 Å². The van der Waals surface area contributed by atoms with Crippen LogP contribution in [-0.2, 0) is 6.18 Å². The Hall–Kier alpha value is -4.57. The number of anilines is 1. The van der Waals surface area contributed by atoms with Crippen molar-refractivity contribution in [2.45, 2.75) is 19.1 Å². The number of benzene rings is 4. The predicted octanol–water partition coefficient (Wildman–Crippen LogP) is 7.68. The summed E-state index contributed by atoms with van der Waals surface area (Å²) in [6.07, 6.45) is -2.74. The molecule has 0 aromatic heterocycles. The second-order valence-electron chi connectivity index (χ2n) is 10.0. The molecule has 11 heteroatoms. The largest absolute Gasteiger partial charge is 0.496 e. The molecule has 0 saturated carbocycles. The number of rotatable bonds is 8. The van der Waals surface area contributed by atoms with Crippen LogP contribution in [0.3, 0.4) is 0 Å². The van der Waals surface area contributed by atoms with Crippen molar-refractivity contribution < 1.29 is 27.1 Å². The SMILES string of the molecule is COc1ccc(-c2ccc(C(F)(F)F)cc2)cc1C(=O)N[C@H](C)CN1C=NCN1c1ccc(-c2ccc(F)c(Cl)c2)cc1. The number of methoxy groups -OCH3 is 1. The van der Waals surface area contributed by atoms with Gasteiger partial charge in [0.05, 0.1) is 35.5 Å². The lowest BCUT2D eigenvalue weighted by Crippen LogP contribution is -2.47. The summed E-state index contributed by atoms with van der Waals surface area (Å²) >= 11 is 5.94. The first-order valence-corrected chi connectivity index (χ1v) is 13.7. The van der Waals surface area contributed by atoms with E-state index < -0.39 is 17.6 Å². The summed E-state index contributed by atoms with van der Waals surface area (Å²) in [5, 5.41) is 6.88. The molecule has 0 spiro atoms. The Morgan fingerprint density at radius 2 is 1.56 bits per heavy atom. The van der Waals surface area contributed by atoms with Crippen molar-refractivity contribution >= 4 is 29.5 Å². The number of hydrogen-bond donors (Lipinski definition) is 1. The molecule has 222 valence electrons. The molecule has 1 heterocycles. The monoisotopic (exact) mass is 610 g/mol. The number of alkyl halides is 3. The molecule has 43 heavy (non-hydrogen) atoms. The molecule has 0 radical (unpaired) electrons. The van der Waals surface area contributed by atoms with Gasteiger partial charge in [-0.3, -0.25) is 19.8 Å². The predicted molar refractivity (Wildman–Crippen MR) is 160 cm³/mol. The summed E-state index contributed by atoms with van der Waals surface area (Å²) < 4.78 is 57.9. The molecule has 0 bridgehead atoms. The molecular formula is C32H27ClF4N4O2. The quantitative estimate of drug-likeness (QED) is 0.208. The topological polar surface area (TPSA) is 57.2 Å². The number of amides is 1. The average Bonchev–Trinajstić information content (AvgIpc) is 3.45. The molecule has 1 aliphatic heterocycles. The number of nitrogens with one attached hydrogen (secondary N) is 1. The summed E-state index contributed by atoms with van der Waals surface area (Å²) in [4.78, 5) is 17.7. The van der Waals surface area contributed by atoms with E-state index in [1.807, 2.05) is 41.2 Å². The number of carbonyl (C=O) groups excluding carboxylic acids is 1. The van der Waals surface area contributed by atoms with Crippen LogP contribution >= 0.6 is 11.6 Å². The lowest BCUT2D eigenvalue weighted by atomic mass is 10.0. The van der Waals surface area contributed by atoms with E-state index in [4.69, 9.17) is 16.3 Å². The Morgan fingerprint density at radius 3 is 2.19 bits per heavy atom. The maximum Gasteiger partial charge on any atom is 0.416 e. The highest BCUT2D eigenvalue weighted by molar-refractivity contribution is 6.31. The Bertz CT molecular complexity index is 1640. The standard InChI is InChI=1S/C32H27ClF4N4O2/c1-20(17-40-18-38-19-41(40)26-11-5-22(6-12-26)24-7-13-29(34)28(33)16-24)39-31(42)27-15-23(8-14-30(27)43-2)21-3-9-25(10-4-21)32(35,36)37/h3-16,18,20H,17,19H2,1-2H3,(H,39,42)/t20-/m1/s1. The molecule has 5 rings (SSSR count). The number of hydrogen-bond acceptors (Lipinski definition) is 5. The number of halogens is 5. The van der Waals surface area contributed by atoms with Crippen molar-refractivity contribution in [2.24, 2.45) is 4.99 Å². The molecule has 1 amide bonds. The third kappa shape index (κ3) is 6.75. The first-order chi connectivity index (χ1) is 20.5. The van der Waals surface area contributed by atoms with Crippen LogP contribution < -0.4 is 15.1 Å². The van der Waals surface area contributed by atoms with Gasteiger partial charge in [-0.2, -0.15) is 13.2 Å². The second-order valence-corrected chi connectivity index (χ2v) is 10.4. The average molecular weight is 611 g/mol. The van der Waals surface area contributed by atoms with E-state index in [1.54, 1.807) is 36.7 Å². The molecule has 0 aliphatic carbocycles. The smallest absolute Gasteiger partial charge is 0.416 e. The number of carbonyl (C=O) groups is 1. The summed E-state index contributed by atoms with van der Waals surface area (Å²) in [5.74, 6) is -0.520. The number of hydrazine groups is 1. The lowest BCUT2D eigenvalue weighted by molar-refractivity contribution is -0.137. The van der Waals surface area contributed by atoms with Gasteiger partial charge in [0.15, 0.2) is 0 Å². The molecule has 4 aromatic rings. The van der Waals surface area contributed by atoms with Gasteiger partial charge >= 0.3 is 6.18 Å². The van der Waals surface area contributed by atoms with Crippen LogP contribution in [0.1, 0.15) is 22.8 Å². The fourth-order valence-corrected chi connectivity index (χ4v) is 4.95. The minimum absolute atomic E-state index is 0.0562. The maximum absolute atomic E-state index is 13.6. The van der Waals surface area contributed by atoms with Gasteiger partial charge in [-0.25, -0.2) is 4.39 Å². The van der Waals surface area contributed by atoms with Crippen LogP contribution in [0, 0.1) is 5.82 Å². The summed E-state index contributed by atoms with van der Waals surface area (Å²) in [7, 11) is 1.45. The van der Waals surface area contributed by atoms with E-state index in [9.17, 15) is 22.4 Å². The summed E-state index contributed by atoms with van der Waals surface area (Å²) in [6, 6.07) is 21.6. The zero-order valence-electron chi connectivity index (χ0n) is 23.2. The van der Waals surface area contributed by atoms with Gasteiger partial charge in [-0.1, -0.05) is 48.0 Å². The number of ether oxygens (including phenoxy) is 1. The highest BCUT2D eigenvalue weighted by Gasteiger charge is 2.30. The second kappa shape index (κ2) is 12.3. The van der Waals surface area contributed by atoms with Crippen LogP contribution in [0.2, 0.25) is 5.02 Å². The van der Waals surface area contributed by atoms with Crippen LogP contribution in [0.5, 0.6) is 5.75 Å². The van der Waals surface area contributed by atoms with Gasteiger partial charge in [-0.05, 0) is 77.7 Å². The maximum atomic E-state index is 13.6. The molecule has 0 fully saturated rings. The fourth-order valence-electron chi connectivity index (χ4n) is 4.77. The van der Waals surface area contributed by atoms with Gasteiger partial charge < -0.3 is 10.1 Å². The van der Waals surface area contributed by atoms with Gasteiger partial charge in [0.1, 0.15) is 24.6 Å². The van der Waals surface area contributed by atoms with E-state index in [-0.39, 0.29) is 22.5 Å². The van der Waals surface area contributed by atoms with Gasteiger partial charge in [0.25, 0.3) is 5.91 Å². The zero-order valence-corrected chi connectivity index (χ0v) is 24.0. The fraction of sp³-hybridized carbons (Fsp3) is 0.188. The van der Waals surface area contributed by atoms with Gasteiger partial charge in [0.2, 0.25) is 0 Å². The Labute approximate surface area is 251 Å². The van der Waals surface area contributed by atoms with Crippen molar-refractivity contribution in [1.82, 2.24) is 10.3 Å². The molecule has 1 N–H and O–H groups in total. The molecule has 1 aliphatic rings. The summed E-state index contributed by atoms with van der Waals surface area (Å²) in [6.45, 7) is 2.66. The Morgan fingerprint density at radius 1 is 0.953 bits per heavy atom. The minimum Gasteiger partial charge on any atom is -0.496 e. The molecule has 6 nitrogen and oxygen atoms in total. The van der Waals surface area contributed by atoms with E-state index in [0.717, 1.165) is 28.9 Å². The highest BCUT2D eigenvalue weighted by Crippen LogP contribution is 2.33. The van der Waals surface area contributed by atoms with Crippen molar-refractivity contribution in [3.05, 3.63) is 107 Å². The van der Waals surface area contributed by atoms with E-state index in [1.165, 1.54) is 25.3 Å². The highest BCUT2D eigenvalue weighted by atomic mass is 35.5. The Balaban J connectivity index is 1.26. The van der Waals surface area contributed by atoms with E-state index >= 15 is 0 Å². The van der Waals surface area contributed by atoms with Crippen LogP contribution in [0.15, 0.2) is 89.9 Å². The molecule has 4 aromatic carbocycles. The van der Waals surface area contributed by atoms with Crippen LogP contribution in [-0.4, -0.2) is 43.6 Å². The summed E-state index contributed by atoms with van der Waals surface area (Å²) in [5.41, 5.74) is 3.18. The van der Waals surface area contributed by atoms with Gasteiger partial charge in [0, 0.05) is 6.04 Å². The first-order valence-electron chi connectivity index (χ1n) is 13.3. The number of aliphatic imine (C=N–C) groups is 1. The van der Waals surface area contributed by atoms with Crippen molar-refractivity contribution in [3.63, 3.8) is 0 Å². The van der Waals surface area contributed by atoms with Crippen LogP contribution in [0.25, 0.3) is 22.3 Å². The molecule has 0 saturated heterocycles. The van der Waals surface area contributed by atoms with E-state index in [0.29, 0.717) is 30.1 Å². The van der Waals surface area contributed by atoms with Gasteiger partial charge in [-0.15, -0.1) is 0 Å². The van der Waals surface area contributed by atoms with Crippen molar-refractivity contribution in [1.29, 1.82) is 0 Å². The Kier molecular flexibility index (Phi) is 8.59. The minimum atomic E-state index is -4.43. The lowest BCUT2D eigenvalue weighted by Gasteiger charge is -2.31. The van der Waals surface area contributed by atoms with E-state index in [2.05, 4.69) is 10.3 Å². The number of nitrogens with zero attached hydrogens (tertiary/aromatic N) is 3. The van der Waals surface area contributed by atoms with Crippen molar-refractivity contribution in [2.75, 3.05) is 25.3 Å². The molecular weight excluding hydrogens is 584 g/mol. The first kappa shape index (κ1) is 29.9. The zero-order chi connectivity index (χ0) is 30.7. The molecule has 1 atom stereocenters. The molecule has 0 unspecified atom stereocenters.